The second-order valence-electron chi connectivity index (χ2n) is 6.07. The highest BCUT2D eigenvalue weighted by Gasteiger charge is 2.19. The Morgan fingerprint density at radius 1 is 1.14 bits per heavy atom. The van der Waals surface area contributed by atoms with Gasteiger partial charge < -0.3 is 15.0 Å². The van der Waals surface area contributed by atoms with Crippen LogP contribution in [-0.4, -0.2) is 41.8 Å². The quantitative estimate of drug-likeness (QED) is 0.419. The molecule has 0 radical (unpaired) electrons. The summed E-state index contributed by atoms with van der Waals surface area (Å²) >= 11 is 0. The number of hydrogen-bond acceptors (Lipinski definition) is 5. The molecule has 8 heteroatoms. The molecule has 0 spiro atoms. The van der Waals surface area contributed by atoms with Gasteiger partial charge in [-0.1, -0.05) is 12.1 Å². The number of non-ortho nitro benzene ring substituents is 1. The van der Waals surface area contributed by atoms with Crippen molar-refractivity contribution in [1.29, 1.82) is 0 Å². The molecular formula is C21H23N3O5. The normalized spacial score (nSPS) is 10.9. The van der Waals surface area contributed by atoms with Gasteiger partial charge >= 0.3 is 0 Å². The first-order chi connectivity index (χ1) is 13.9. The predicted octanol–water partition coefficient (Wildman–Crippen LogP) is 3.24. The van der Waals surface area contributed by atoms with Crippen LogP contribution in [0.5, 0.6) is 5.75 Å². The van der Waals surface area contributed by atoms with Crippen molar-refractivity contribution in [2.24, 2.45) is 0 Å². The van der Waals surface area contributed by atoms with Crippen molar-refractivity contribution in [3.63, 3.8) is 0 Å². The van der Waals surface area contributed by atoms with Crippen molar-refractivity contribution < 1.29 is 19.2 Å². The Morgan fingerprint density at radius 2 is 1.79 bits per heavy atom. The average Bonchev–Trinajstić information content (AvgIpc) is 2.74. The van der Waals surface area contributed by atoms with E-state index in [1.165, 1.54) is 31.4 Å². The highest BCUT2D eigenvalue weighted by atomic mass is 16.6. The Labute approximate surface area is 168 Å². The zero-order valence-corrected chi connectivity index (χ0v) is 16.5. The lowest BCUT2D eigenvalue weighted by Crippen LogP contribution is -2.38. The zero-order valence-electron chi connectivity index (χ0n) is 16.5. The van der Waals surface area contributed by atoms with Crippen LogP contribution in [0.1, 0.15) is 29.8 Å². The molecule has 0 fully saturated rings. The highest BCUT2D eigenvalue weighted by molar-refractivity contribution is 6.05. The molecule has 0 saturated carbocycles. The van der Waals surface area contributed by atoms with Gasteiger partial charge in [-0.05, 0) is 49.8 Å². The van der Waals surface area contributed by atoms with E-state index in [9.17, 15) is 19.7 Å². The Balaban J connectivity index is 2.38. The van der Waals surface area contributed by atoms with Gasteiger partial charge in [0.25, 0.3) is 17.5 Å². The second-order valence-corrected chi connectivity index (χ2v) is 6.07. The van der Waals surface area contributed by atoms with Gasteiger partial charge in [0, 0.05) is 30.8 Å². The summed E-state index contributed by atoms with van der Waals surface area (Å²) < 4.78 is 5.08. The van der Waals surface area contributed by atoms with Gasteiger partial charge in [-0.2, -0.15) is 0 Å². The third kappa shape index (κ3) is 5.65. The third-order valence-corrected chi connectivity index (χ3v) is 4.27. The molecule has 0 aromatic heterocycles. The minimum Gasteiger partial charge on any atom is -0.497 e. The van der Waals surface area contributed by atoms with Crippen LogP contribution >= 0.6 is 0 Å². The van der Waals surface area contributed by atoms with Gasteiger partial charge in [-0.15, -0.1) is 0 Å². The third-order valence-electron chi connectivity index (χ3n) is 4.27. The van der Waals surface area contributed by atoms with Crippen molar-refractivity contribution in [1.82, 2.24) is 10.2 Å². The smallest absolute Gasteiger partial charge is 0.270 e. The number of nitro groups is 1. The first-order valence-electron chi connectivity index (χ1n) is 9.10. The molecule has 0 heterocycles. The predicted molar refractivity (Wildman–Crippen MR) is 109 cm³/mol. The number of methoxy groups -OCH3 is 1. The first kappa shape index (κ1) is 21.6. The van der Waals surface area contributed by atoms with Crippen molar-refractivity contribution in [2.45, 2.75) is 13.8 Å². The number of benzene rings is 2. The molecule has 2 amide bonds. The molecule has 0 unspecified atom stereocenters. The summed E-state index contributed by atoms with van der Waals surface area (Å²) in [5, 5.41) is 13.7. The fourth-order valence-electron chi connectivity index (χ4n) is 2.66. The minimum atomic E-state index is -0.515. The maximum atomic E-state index is 12.9. The van der Waals surface area contributed by atoms with Gasteiger partial charge in [-0.25, -0.2) is 0 Å². The molecule has 0 aliphatic heterocycles. The number of likely N-dealkylation sites (N-methyl/N-ethyl adjacent to an activating group) is 1. The van der Waals surface area contributed by atoms with Gasteiger partial charge in [0.15, 0.2) is 0 Å². The van der Waals surface area contributed by atoms with Gasteiger partial charge in [-0.3, -0.25) is 19.7 Å². The van der Waals surface area contributed by atoms with E-state index in [1.54, 1.807) is 35.2 Å². The summed E-state index contributed by atoms with van der Waals surface area (Å²) in [6.07, 6.45) is 1.44. The molecule has 152 valence electrons. The largest absolute Gasteiger partial charge is 0.497 e. The molecule has 8 nitrogen and oxygen atoms in total. The molecule has 0 atom stereocenters. The maximum absolute atomic E-state index is 12.9. The van der Waals surface area contributed by atoms with Crippen LogP contribution in [-0.2, 0) is 4.79 Å². The van der Waals surface area contributed by atoms with E-state index in [0.29, 0.717) is 30.0 Å². The molecule has 0 aliphatic rings. The SMILES string of the molecule is CCN(CC)C(=O)/C(=C\c1cccc([N+](=O)[O-])c1)NC(=O)c1ccc(OC)cc1. The van der Waals surface area contributed by atoms with E-state index in [0.717, 1.165) is 0 Å². The van der Waals surface area contributed by atoms with Crippen molar-refractivity contribution in [3.05, 3.63) is 75.5 Å². The summed E-state index contributed by atoms with van der Waals surface area (Å²) in [5.74, 6) is -0.235. The van der Waals surface area contributed by atoms with Crippen LogP contribution < -0.4 is 10.1 Å². The monoisotopic (exact) mass is 397 g/mol. The standard InChI is InChI=1S/C21H23N3O5/c1-4-23(5-2)21(26)19(14-15-7-6-8-17(13-15)24(27)28)22-20(25)16-9-11-18(29-3)12-10-16/h6-14H,4-5H2,1-3H3,(H,22,25)/b19-14+. The van der Waals surface area contributed by atoms with E-state index in [-0.39, 0.29) is 17.3 Å². The maximum Gasteiger partial charge on any atom is 0.270 e. The van der Waals surface area contributed by atoms with Crippen molar-refractivity contribution >= 4 is 23.6 Å². The lowest BCUT2D eigenvalue weighted by molar-refractivity contribution is -0.384. The van der Waals surface area contributed by atoms with E-state index in [4.69, 9.17) is 4.74 Å². The minimum absolute atomic E-state index is 0.0371. The number of nitrogens with one attached hydrogen (secondary N) is 1. The zero-order chi connectivity index (χ0) is 21.4. The molecule has 0 aliphatic carbocycles. The molecule has 2 aromatic rings. The fourth-order valence-corrected chi connectivity index (χ4v) is 2.66. The number of carbonyl (C=O) groups is 2. The number of nitro benzene ring substituents is 1. The number of carbonyl (C=O) groups excluding carboxylic acids is 2. The number of hydrogen-bond donors (Lipinski definition) is 1. The molecular weight excluding hydrogens is 374 g/mol. The van der Waals surface area contributed by atoms with E-state index < -0.39 is 10.8 Å². The van der Waals surface area contributed by atoms with Gasteiger partial charge in [0.2, 0.25) is 0 Å². The van der Waals surface area contributed by atoms with E-state index in [2.05, 4.69) is 5.32 Å². The van der Waals surface area contributed by atoms with Crippen LogP contribution in [0.2, 0.25) is 0 Å². The van der Waals surface area contributed by atoms with Crippen LogP contribution in [0.25, 0.3) is 6.08 Å². The molecule has 0 saturated heterocycles. The molecule has 29 heavy (non-hydrogen) atoms. The van der Waals surface area contributed by atoms with Crippen LogP contribution in [0.15, 0.2) is 54.2 Å². The average molecular weight is 397 g/mol. The van der Waals surface area contributed by atoms with E-state index >= 15 is 0 Å². The number of amides is 2. The Hall–Kier alpha value is -3.68. The summed E-state index contributed by atoms with van der Waals surface area (Å²) in [7, 11) is 1.53. The van der Waals surface area contributed by atoms with Crippen LogP contribution in [0, 0.1) is 10.1 Å². The Kier molecular flexibility index (Phi) is 7.47. The van der Waals surface area contributed by atoms with Gasteiger partial charge in [0.05, 0.1) is 12.0 Å². The highest BCUT2D eigenvalue weighted by Crippen LogP contribution is 2.17. The second kappa shape index (κ2) is 10.0. The van der Waals surface area contributed by atoms with Crippen molar-refractivity contribution in [2.75, 3.05) is 20.2 Å². The fraction of sp³-hybridized carbons (Fsp3) is 0.238. The Bertz CT molecular complexity index is 918. The summed E-state index contributed by atoms with van der Waals surface area (Å²) in [5.41, 5.74) is 0.720. The number of nitrogens with zero attached hydrogens (tertiary/aromatic N) is 2. The van der Waals surface area contributed by atoms with Gasteiger partial charge in [0.1, 0.15) is 11.4 Å². The summed E-state index contributed by atoms with van der Waals surface area (Å²) in [6.45, 7) is 4.58. The van der Waals surface area contributed by atoms with Crippen LogP contribution in [0.4, 0.5) is 5.69 Å². The first-order valence-corrected chi connectivity index (χ1v) is 9.10. The lowest BCUT2D eigenvalue weighted by Gasteiger charge is -2.21. The summed E-state index contributed by atoms with van der Waals surface area (Å²) in [6, 6.07) is 12.3. The topological polar surface area (TPSA) is 102 Å². The van der Waals surface area contributed by atoms with Crippen LogP contribution in [0.3, 0.4) is 0 Å². The Morgan fingerprint density at radius 3 is 2.34 bits per heavy atom. The number of rotatable bonds is 8. The number of ether oxygens (including phenoxy) is 1. The molecule has 1 N–H and O–H groups in total. The molecule has 2 rings (SSSR count). The lowest BCUT2D eigenvalue weighted by atomic mass is 10.1. The molecule has 0 bridgehead atoms. The van der Waals surface area contributed by atoms with E-state index in [1.807, 2.05) is 13.8 Å². The molecule has 2 aromatic carbocycles. The summed E-state index contributed by atoms with van der Waals surface area (Å²) in [4.78, 5) is 37.6. The van der Waals surface area contributed by atoms with Crippen molar-refractivity contribution in [3.8, 4) is 5.75 Å².